The summed E-state index contributed by atoms with van der Waals surface area (Å²) in [6, 6.07) is 0. The van der Waals surface area contributed by atoms with E-state index in [-0.39, 0.29) is 5.54 Å². The van der Waals surface area contributed by atoms with Gasteiger partial charge in [-0.25, -0.2) is 0 Å². The van der Waals surface area contributed by atoms with Crippen LogP contribution in [0.2, 0.25) is 0 Å². The number of hydrogen-bond acceptors (Lipinski definition) is 6. The maximum atomic E-state index is 4.14. The number of unbranched alkanes of at least 4 members (excludes halogenated alkanes) is 1. The van der Waals surface area contributed by atoms with Crippen LogP contribution < -0.4 is 5.32 Å². The smallest absolute Gasteiger partial charge is 0.175 e. The van der Waals surface area contributed by atoms with Gasteiger partial charge in [-0.2, -0.15) is 0 Å². The van der Waals surface area contributed by atoms with Gasteiger partial charge in [0.25, 0.3) is 0 Å². The third-order valence-electron chi connectivity index (χ3n) is 2.01. The molecule has 1 heterocycles. The normalized spacial score (nSPS) is 12.0. The number of nitrogens with one attached hydrogen (secondary N) is 1. The Kier molecular flexibility index (Phi) is 6.84. The van der Waals surface area contributed by atoms with Crippen molar-refractivity contribution in [3.8, 4) is 0 Å². The molecule has 98 valence electrons. The molecule has 0 amide bonds. The van der Waals surface area contributed by atoms with Crippen LogP contribution in [0, 0.1) is 0 Å². The molecule has 6 heteroatoms. The number of nitrogens with zero attached hydrogens (tertiary/aromatic N) is 2. The van der Waals surface area contributed by atoms with Gasteiger partial charge in [-0.15, -0.1) is 10.2 Å². The minimum absolute atomic E-state index is 0.236. The van der Waals surface area contributed by atoms with Gasteiger partial charge in [-0.1, -0.05) is 34.9 Å². The van der Waals surface area contributed by atoms with Crippen LogP contribution in [0.5, 0.6) is 0 Å². The fraction of sp³-hybridized carbons (Fsp3) is 0.818. The topological polar surface area (TPSA) is 37.8 Å². The van der Waals surface area contributed by atoms with Gasteiger partial charge >= 0.3 is 0 Å². The SMILES string of the molecule is CSc1nnc(SCCCCNC(C)(C)C)s1. The van der Waals surface area contributed by atoms with Gasteiger partial charge in [-0.05, 0) is 46.4 Å². The third kappa shape index (κ3) is 7.28. The Balaban J connectivity index is 2.04. The largest absolute Gasteiger partial charge is 0.312 e. The molecule has 0 unspecified atom stereocenters. The monoisotopic (exact) mass is 291 g/mol. The van der Waals surface area contributed by atoms with E-state index in [9.17, 15) is 0 Å². The molecule has 0 fully saturated rings. The van der Waals surface area contributed by atoms with Crippen molar-refractivity contribution in [2.24, 2.45) is 0 Å². The molecule has 0 atom stereocenters. The Morgan fingerprint density at radius 1 is 1.18 bits per heavy atom. The predicted molar refractivity (Wildman–Crippen MR) is 79.4 cm³/mol. The highest BCUT2D eigenvalue weighted by atomic mass is 32.2. The van der Waals surface area contributed by atoms with E-state index in [0.29, 0.717) is 0 Å². The van der Waals surface area contributed by atoms with Crippen LogP contribution in [0.15, 0.2) is 8.68 Å². The second-order valence-corrected chi connectivity index (χ2v) is 8.14. The zero-order chi connectivity index (χ0) is 12.7. The van der Waals surface area contributed by atoms with Crippen LogP contribution in [0.1, 0.15) is 33.6 Å². The molecule has 0 saturated carbocycles. The van der Waals surface area contributed by atoms with E-state index >= 15 is 0 Å². The Hall–Kier alpha value is 0.220. The quantitative estimate of drug-likeness (QED) is 0.614. The highest BCUT2D eigenvalue weighted by Gasteiger charge is 2.07. The van der Waals surface area contributed by atoms with Crippen LogP contribution in [0.4, 0.5) is 0 Å². The van der Waals surface area contributed by atoms with Gasteiger partial charge in [0.05, 0.1) is 0 Å². The van der Waals surface area contributed by atoms with Crippen molar-refractivity contribution in [2.45, 2.75) is 47.8 Å². The second-order valence-electron chi connectivity index (χ2n) is 4.77. The summed E-state index contributed by atoms with van der Waals surface area (Å²) in [6.45, 7) is 7.70. The van der Waals surface area contributed by atoms with Gasteiger partial charge in [0.2, 0.25) is 0 Å². The summed E-state index contributed by atoms with van der Waals surface area (Å²) < 4.78 is 2.15. The maximum absolute atomic E-state index is 4.14. The standard InChI is InChI=1S/C11H21N3S3/c1-11(2,3)12-7-5-6-8-16-10-14-13-9(15-4)17-10/h12H,5-8H2,1-4H3. The van der Waals surface area contributed by atoms with Crippen molar-refractivity contribution in [1.82, 2.24) is 15.5 Å². The number of aromatic nitrogens is 2. The first-order chi connectivity index (χ1) is 8.01. The van der Waals surface area contributed by atoms with Crippen LogP contribution in [0.25, 0.3) is 0 Å². The molecule has 1 rings (SSSR count). The molecule has 0 bridgehead atoms. The fourth-order valence-corrected chi connectivity index (χ4v) is 3.70. The van der Waals surface area contributed by atoms with E-state index in [1.807, 2.05) is 18.0 Å². The summed E-state index contributed by atoms with van der Waals surface area (Å²) in [5.41, 5.74) is 0.236. The second kappa shape index (κ2) is 7.61. The molecule has 3 nitrogen and oxygen atoms in total. The molecule has 0 radical (unpaired) electrons. The maximum Gasteiger partial charge on any atom is 0.175 e. The van der Waals surface area contributed by atoms with E-state index in [2.05, 4.69) is 36.3 Å². The van der Waals surface area contributed by atoms with E-state index in [1.165, 1.54) is 12.8 Å². The summed E-state index contributed by atoms with van der Waals surface area (Å²) >= 11 is 5.17. The Morgan fingerprint density at radius 2 is 1.88 bits per heavy atom. The van der Waals surface area contributed by atoms with Crippen LogP contribution in [0.3, 0.4) is 0 Å². The molecule has 1 aromatic rings. The Labute approximate surface area is 117 Å². The predicted octanol–water partition coefficient (Wildman–Crippen LogP) is 3.52. The molecule has 0 aliphatic carbocycles. The number of thioether (sulfide) groups is 2. The lowest BCUT2D eigenvalue weighted by atomic mass is 10.1. The first kappa shape index (κ1) is 15.3. The molecule has 17 heavy (non-hydrogen) atoms. The molecule has 0 aromatic carbocycles. The van der Waals surface area contributed by atoms with Crippen molar-refractivity contribution in [2.75, 3.05) is 18.6 Å². The molecular formula is C11H21N3S3. The highest BCUT2D eigenvalue weighted by Crippen LogP contribution is 2.27. The Morgan fingerprint density at radius 3 is 2.47 bits per heavy atom. The summed E-state index contributed by atoms with van der Waals surface area (Å²) in [5.74, 6) is 1.13. The van der Waals surface area contributed by atoms with E-state index < -0.39 is 0 Å². The zero-order valence-corrected chi connectivity index (χ0v) is 13.4. The van der Waals surface area contributed by atoms with Crippen molar-refractivity contribution in [1.29, 1.82) is 0 Å². The van der Waals surface area contributed by atoms with E-state index in [1.54, 1.807) is 23.1 Å². The molecule has 0 spiro atoms. The molecule has 0 saturated heterocycles. The Bertz CT molecular complexity index is 320. The number of hydrogen-bond donors (Lipinski definition) is 1. The zero-order valence-electron chi connectivity index (χ0n) is 10.9. The minimum Gasteiger partial charge on any atom is -0.312 e. The minimum atomic E-state index is 0.236. The first-order valence-corrected chi connectivity index (χ1v) is 8.79. The van der Waals surface area contributed by atoms with Crippen LogP contribution in [-0.4, -0.2) is 34.3 Å². The van der Waals surface area contributed by atoms with E-state index in [4.69, 9.17) is 0 Å². The van der Waals surface area contributed by atoms with Crippen molar-refractivity contribution in [3.63, 3.8) is 0 Å². The van der Waals surface area contributed by atoms with Gasteiger partial charge in [0, 0.05) is 11.3 Å². The van der Waals surface area contributed by atoms with E-state index in [0.717, 1.165) is 21.0 Å². The average Bonchev–Trinajstić information content (AvgIpc) is 2.69. The number of rotatable bonds is 7. The summed E-state index contributed by atoms with van der Waals surface area (Å²) in [7, 11) is 0. The van der Waals surface area contributed by atoms with Gasteiger partial charge in [0.1, 0.15) is 0 Å². The van der Waals surface area contributed by atoms with Gasteiger partial charge in [-0.3, -0.25) is 0 Å². The first-order valence-electron chi connectivity index (χ1n) is 5.76. The highest BCUT2D eigenvalue weighted by molar-refractivity contribution is 8.02. The molecule has 1 aromatic heterocycles. The lowest BCUT2D eigenvalue weighted by Crippen LogP contribution is -2.36. The average molecular weight is 292 g/mol. The van der Waals surface area contributed by atoms with Crippen molar-refractivity contribution < 1.29 is 0 Å². The van der Waals surface area contributed by atoms with Crippen molar-refractivity contribution >= 4 is 34.9 Å². The van der Waals surface area contributed by atoms with Crippen molar-refractivity contribution in [3.05, 3.63) is 0 Å². The molecule has 1 N–H and O–H groups in total. The summed E-state index contributed by atoms with van der Waals surface area (Å²) in [6.07, 6.45) is 4.48. The lowest BCUT2D eigenvalue weighted by molar-refractivity contribution is 0.421. The van der Waals surface area contributed by atoms with Crippen LogP contribution in [-0.2, 0) is 0 Å². The van der Waals surface area contributed by atoms with Gasteiger partial charge < -0.3 is 5.32 Å². The molecule has 0 aliphatic rings. The molecular weight excluding hydrogens is 270 g/mol. The van der Waals surface area contributed by atoms with Gasteiger partial charge in [0.15, 0.2) is 8.68 Å². The fourth-order valence-electron chi connectivity index (χ4n) is 1.19. The molecule has 0 aliphatic heterocycles. The summed E-state index contributed by atoms with van der Waals surface area (Å²) in [4.78, 5) is 0. The summed E-state index contributed by atoms with van der Waals surface area (Å²) in [5, 5.41) is 11.7. The lowest BCUT2D eigenvalue weighted by Gasteiger charge is -2.20. The van der Waals surface area contributed by atoms with Crippen LogP contribution >= 0.6 is 34.9 Å². The third-order valence-corrected chi connectivity index (χ3v) is 5.13.